The summed E-state index contributed by atoms with van der Waals surface area (Å²) in [7, 11) is 0. The first kappa shape index (κ1) is 16.2. The Balaban J connectivity index is 1.97. The summed E-state index contributed by atoms with van der Waals surface area (Å²) in [4.78, 5) is 4.23. The van der Waals surface area contributed by atoms with Crippen LogP contribution in [0.15, 0.2) is 24.5 Å². The molecule has 0 bridgehead atoms. The average Bonchev–Trinajstić information content (AvgIpc) is 2.95. The van der Waals surface area contributed by atoms with Gasteiger partial charge in [0.25, 0.3) is 0 Å². The normalized spacial score (nSPS) is 14.1. The van der Waals surface area contributed by atoms with Crippen LogP contribution in [0.25, 0.3) is 0 Å². The third kappa shape index (κ3) is 3.95. The Hall–Kier alpha value is -1.14. The molecule has 0 fully saturated rings. The summed E-state index contributed by atoms with van der Waals surface area (Å²) in [5.74, 6) is 0.846. The van der Waals surface area contributed by atoms with E-state index >= 15 is 0 Å². The fraction of sp³-hybridized carbons (Fsp3) is 0.429. The van der Waals surface area contributed by atoms with E-state index in [1.807, 2.05) is 18.5 Å². The summed E-state index contributed by atoms with van der Waals surface area (Å²) >= 11 is 11.8. The zero-order chi connectivity index (χ0) is 15.4. The lowest BCUT2D eigenvalue weighted by Gasteiger charge is -2.17. The maximum absolute atomic E-state index is 10.2. The quantitative estimate of drug-likeness (QED) is 0.855. The van der Waals surface area contributed by atoms with E-state index in [9.17, 15) is 5.11 Å². The van der Waals surface area contributed by atoms with Crippen molar-refractivity contribution in [2.75, 3.05) is 6.54 Å². The lowest BCUT2D eigenvalue weighted by atomic mass is 10.1. The molecule has 2 aromatic rings. The van der Waals surface area contributed by atoms with E-state index in [2.05, 4.69) is 15.4 Å². The van der Waals surface area contributed by atoms with Crippen LogP contribution in [0.4, 0.5) is 0 Å². The van der Waals surface area contributed by atoms with Crippen LogP contribution in [0.2, 0.25) is 10.0 Å². The average molecular weight is 329 g/mol. The van der Waals surface area contributed by atoms with E-state index in [0.29, 0.717) is 16.6 Å². The van der Waals surface area contributed by atoms with Gasteiger partial charge < -0.3 is 10.4 Å². The van der Waals surface area contributed by atoms with Crippen LogP contribution in [0.1, 0.15) is 37.4 Å². The number of aromatic nitrogens is 3. The Morgan fingerprint density at radius 2 is 2.10 bits per heavy atom. The number of benzene rings is 1. The summed E-state index contributed by atoms with van der Waals surface area (Å²) in [5.41, 5.74) is 0.723. The van der Waals surface area contributed by atoms with E-state index in [1.54, 1.807) is 18.2 Å². The molecule has 0 spiro atoms. The molecule has 7 heteroatoms. The van der Waals surface area contributed by atoms with Gasteiger partial charge in [0.2, 0.25) is 0 Å². The van der Waals surface area contributed by atoms with Gasteiger partial charge in [-0.05, 0) is 31.5 Å². The molecule has 0 saturated carbocycles. The van der Waals surface area contributed by atoms with Crippen LogP contribution >= 0.6 is 23.2 Å². The van der Waals surface area contributed by atoms with Gasteiger partial charge in [-0.3, -0.25) is 0 Å². The van der Waals surface area contributed by atoms with Gasteiger partial charge in [-0.15, -0.1) is 0 Å². The third-order valence-corrected chi connectivity index (χ3v) is 4.02. The maximum atomic E-state index is 10.2. The molecule has 0 aliphatic rings. The van der Waals surface area contributed by atoms with Crippen molar-refractivity contribution in [1.82, 2.24) is 20.1 Å². The fourth-order valence-corrected chi connectivity index (χ4v) is 2.38. The second kappa shape index (κ2) is 7.22. The molecular formula is C14H18Cl2N4O. The first-order valence-corrected chi connectivity index (χ1v) is 7.52. The van der Waals surface area contributed by atoms with E-state index in [1.165, 1.54) is 6.33 Å². The van der Waals surface area contributed by atoms with Gasteiger partial charge in [0, 0.05) is 13.1 Å². The molecule has 5 nitrogen and oxygen atoms in total. The second-order valence-corrected chi connectivity index (χ2v) is 5.57. The molecular weight excluding hydrogens is 311 g/mol. The first-order valence-electron chi connectivity index (χ1n) is 6.77. The van der Waals surface area contributed by atoms with Crippen molar-refractivity contribution < 1.29 is 5.11 Å². The highest BCUT2D eigenvalue weighted by molar-refractivity contribution is 6.42. The van der Waals surface area contributed by atoms with Crippen molar-refractivity contribution in [3.05, 3.63) is 46.0 Å². The summed E-state index contributed by atoms with van der Waals surface area (Å²) in [6, 6.07) is 5.11. The Morgan fingerprint density at radius 3 is 2.76 bits per heavy atom. The summed E-state index contributed by atoms with van der Waals surface area (Å²) < 4.78 is 1.82. The molecule has 114 valence electrons. The monoisotopic (exact) mass is 328 g/mol. The molecule has 1 unspecified atom stereocenters. The zero-order valence-electron chi connectivity index (χ0n) is 11.9. The third-order valence-electron chi connectivity index (χ3n) is 3.28. The highest BCUT2D eigenvalue weighted by atomic mass is 35.5. The van der Waals surface area contributed by atoms with Crippen LogP contribution in [-0.4, -0.2) is 26.4 Å². The van der Waals surface area contributed by atoms with E-state index < -0.39 is 6.10 Å². The van der Waals surface area contributed by atoms with Gasteiger partial charge >= 0.3 is 0 Å². The number of nitrogens with one attached hydrogen (secondary N) is 1. The smallest absolute Gasteiger partial charge is 0.143 e. The molecule has 1 heterocycles. The minimum atomic E-state index is -0.666. The Bertz CT molecular complexity index is 602. The number of aliphatic hydroxyl groups is 1. The van der Waals surface area contributed by atoms with E-state index in [0.717, 1.165) is 17.9 Å². The van der Waals surface area contributed by atoms with E-state index in [-0.39, 0.29) is 6.04 Å². The number of hydrogen-bond donors (Lipinski definition) is 2. The van der Waals surface area contributed by atoms with Crippen LogP contribution in [-0.2, 0) is 6.54 Å². The van der Waals surface area contributed by atoms with Crippen LogP contribution < -0.4 is 5.32 Å². The SMILES string of the molecule is CCn1ncnc1C(C)NC[C@@H](O)c1ccc(Cl)c(Cl)c1. The van der Waals surface area contributed by atoms with Gasteiger partial charge in [-0.25, -0.2) is 9.67 Å². The number of halogens is 2. The number of rotatable bonds is 6. The highest BCUT2D eigenvalue weighted by Crippen LogP contribution is 2.25. The second-order valence-electron chi connectivity index (χ2n) is 4.75. The summed E-state index contributed by atoms with van der Waals surface area (Å²) in [6.07, 6.45) is 0.868. The predicted octanol–water partition coefficient (Wildman–Crippen LogP) is 2.99. The van der Waals surface area contributed by atoms with Crippen LogP contribution in [0, 0.1) is 0 Å². The van der Waals surface area contributed by atoms with E-state index in [4.69, 9.17) is 23.2 Å². The van der Waals surface area contributed by atoms with Crippen molar-refractivity contribution in [2.45, 2.75) is 32.5 Å². The molecule has 0 aliphatic heterocycles. The molecule has 1 aromatic carbocycles. The largest absolute Gasteiger partial charge is 0.387 e. The predicted molar refractivity (Wildman–Crippen MR) is 83.5 cm³/mol. The summed E-state index contributed by atoms with van der Waals surface area (Å²) in [5, 5.41) is 18.5. The van der Waals surface area contributed by atoms with Gasteiger partial charge in [0.1, 0.15) is 12.2 Å². The van der Waals surface area contributed by atoms with Gasteiger partial charge in [-0.1, -0.05) is 29.3 Å². The van der Waals surface area contributed by atoms with Crippen molar-refractivity contribution in [3.8, 4) is 0 Å². The molecule has 1 aromatic heterocycles. The first-order chi connectivity index (χ1) is 10.0. The topological polar surface area (TPSA) is 63.0 Å². The van der Waals surface area contributed by atoms with Gasteiger partial charge in [0.15, 0.2) is 0 Å². The molecule has 2 rings (SSSR count). The van der Waals surface area contributed by atoms with Crippen LogP contribution in [0.5, 0.6) is 0 Å². The number of aryl methyl sites for hydroxylation is 1. The Morgan fingerprint density at radius 1 is 1.33 bits per heavy atom. The van der Waals surface area contributed by atoms with Crippen LogP contribution in [0.3, 0.4) is 0 Å². The number of hydrogen-bond acceptors (Lipinski definition) is 4. The molecule has 0 aliphatic carbocycles. The van der Waals surface area contributed by atoms with Crippen molar-refractivity contribution in [3.63, 3.8) is 0 Å². The summed E-state index contributed by atoms with van der Waals surface area (Å²) in [6.45, 7) is 5.14. The minimum absolute atomic E-state index is 0.00938. The standard InChI is InChI=1S/C14H18Cl2N4O/c1-3-20-14(18-8-19-20)9(2)17-7-13(21)10-4-5-11(15)12(16)6-10/h4-6,8-9,13,17,21H,3,7H2,1-2H3/t9?,13-/m1/s1. The molecule has 0 radical (unpaired) electrons. The van der Waals surface area contributed by atoms with Crippen molar-refractivity contribution in [2.24, 2.45) is 0 Å². The minimum Gasteiger partial charge on any atom is -0.387 e. The highest BCUT2D eigenvalue weighted by Gasteiger charge is 2.15. The maximum Gasteiger partial charge on any atom is 0.143 e. The number of nitrogens with zero attached hydrogens (tertiary/aromatic N) is 3. The van der Waals surface area contributed by atoms with Gasteiger partial charge in [-0.2, -0.15) is 5.10 Å². The van der Waals surface area contributed by atoms with Gasteiger partial charge in [0.05, 0.1) is 22.2 Å². The molecule has 0 saturated heterocycles. The van der Waals surface area contributed by atoms with Crippen molar-refractivity contribution in [1.29, 1.82) is 0 Å². The zero-order valence-corrected chi connectivity index (χ0v) is 13.4. The lowest BCUT2D eigenvalue weighted by molar-refractivity contribution is 0.170. The molecule has 21 heavy (non-hydrogen) atoms. The fourth-order valence-electron chi connectivity index (χ4n) is 2.07. The Kier molecular flexibility index (Phi) is 5.58. The molecule has 2 N–H and O–H groups in total. The lowest BCUT2D eigenvalue weighted by Crippen LogP contribution is -2.27. The molecule has 0 amide bonds. The van der Waals surface area contributed by atoms with Crippen molar-refractivity contribution >= 4 is 23.2 Å². The number of aliphatic hydroxyl groups excluding tert-OH is 1. The Labute approximate surface area is 133 Å². The molecule has 2 atom stereocenters.